The Balaban J connectivity index is 1.23. The van der Waals surface area contributed by atoms with Crippen molar-refractivity contribution in [1.29, 1.82) is 0 Å². The smallest absolute Gasteiger partial charge is 0.406 e. The first kappa shape index (κ1) is 22.9. The summed E-state index contributed by atoms with van der Waals surface area (Å²) in [6.07, 6.45) is -3.25. The van der Waals surface area contributed by atoms with Gasteiger partial charge in [-0.15, -0.1) is 18.3 Å². The van der Waals surface area contributed by atoms with E-state index < -0.39 is 6.36 Å². The molecule has 3 aromatic carbocycles. The molecule has 0 aliphatic carbocycles. The van der Waals surface area contributed by atoms with Gasteiger partial charge in [0.1, 0.15) is 17.9 Å². The van der Waals surface area contributed by atoms with E-state index in [0.717, 1.165) is 27.7 Å². The number of nitrogens with zero attached hydrogens (tertiary/aromatic N) is 4. The highest BCUT2D eigenvalue weighted by molar-refractivity contribution is 8.14. The van der Waals surface area contributed by atoms with E-state index in [1.165, 1.54) is 47.4 Å². The number of thioether (sulfide) groups is 1. The zero-order valence-electron chi connectivity index (χ0n) is 17.9. The van der Waals surface area contributed by atoms with E-state index in [9.17, 15) is 17.6 Å². The molecule has 1 N–H and O–H groups in total. The van der Waals surface area contributed by atoms with Gasteiger partial charge in [0.2, 0.25) is 0 Å². The van der Waals surface area contributed by atoms with Crippen LogP contribution in [0.4, 0.5) is 23.2 Å². The molecular formula is C24H17F4N5OS. The summed E-state index contributed by atoms with van der Waals surface area (Å²) in [5, 5.41) is 8.47. The van der Waals surface area contributed by atoms with Gasteiger partial charge in [-0.3, -0.25) is 4.99 Å². The molecule has 1 atom stereocenters. The summed E-state index contributed by atoms with van der Waals surface area (Å²) in [7, 11) is 0. The Bertz CT molecular complexity index is 1340. The highest BCUT2D eigenvalue weighted by Gasteiger charge is 2.31. The second-order valence-corrected chi connectivity index (χ2v) is 8.58. The molecule has 0 radical (unpaired) electrons. The van der Waals surface area contributed by atoms with Crippen molar-refractivity contribution < 1.29 is 22.3 Å². The molecule has 5 rings (SSSR count). The molecule has 0 fully saturated rings. The third-order valence-electron chi connectivity index (χ3n) is 5.13. The molecule has 6 nitrogen and oxygen atoms in total. The van der Waals surface area contributed by atoms with Crippen LogP contribution >= 0.6 is 11.8 Å². The van der Waals surface area contributed by atoms with Gasteiger partial charge in [0.05, 0.1) is 11.7 Å². The molecule has 178 valence electrons. The van der Waals surface area contributed by atoms with Gasteiger partial charge >= 0.3 is 6.36 Å². The largest absolute Gasteiger partial charge is 0.573 e. The third-order valence-corrected chi connectivity index (χ3v) is 6.09. The molecule has 0 bridgehead atoms. The zero-order valence-corrected chi connectivity index (χ0v) is 18.7. The molecule has 1 aromatic heterocycles. The molecule has 0 saturated carbocycles. The van der Waals surface area contributed by atoms with Crippen LogP contribution in [0.25, 0.3) is 17.1 Å². The number of aromatic nitrogens is 3. The number of halogens is 4. The van der Waals surface area contributed by atoms with Gasteiger partial charge in [-0.25, -0.2) is 14.1 Å². The van der Waals surface area contributed by atoms with E-state index in [0.29, 0.717) is 11.5 Å². The van der Waals surface area contributed by atoms with Crippen LogP contribution in [0.1, 0.15) is 11.6 Å². The fraction of sp³-hybridized carbons (Fsp3) is 0.125. The highest BCUT2D eigenvalue weighted by atomic mass is 32.2. The lowest BCUT2D eigenvalue weighted by atomic mass is 10.1. The Morgan fingerprint density at radius 3 is 2.34 bits per heavy atom. The Morgan fingerprint density at radius 2 is 1.66 bits per heavy atom. The minimum Gasteiger partial charge on any atom is -0.406 e. The van der Waals surface area contributed by atoms with Crippen molar-refractivity contribution in [3.8, 4) is 22.8 Å². The number of amidine groups is 1. The van der Waals surface area contributed by atoms with E-state index in [2.05, 4.69) is 25.1 Å². The van der Waals surface area contributed by atoms with E-state index in [1.807, 2.05) is 24.3 Å². The van der Waals surface area contributed by atoms with Crippen molar-refractivity contribution >= 4 is 22.6 Å². The Morgan fingerprint density at radius 1 is 0.943 bits per heavy atom. The molecule has 0 saturated heterocycles. The average molecular weight is 499 g/mol. The topological polar surface area (TPSA) is 64.3 Å². The van der Waals surface area contributed by atoms with Crippen LogP contribution in [0.3, 0.4) is 0 Å². The minimum atomic E-state index is -4.74. The summed E-state index contributed by atoms with van der Waals surface area (Å²) in [6, 6.07) is 19.2. The van der Waals surface area contributed by atoms with Crippen LogP contribution in [-0.4, -0.2) is 32.0 Å². The van der Waals surface area contributed by atoms with Crippen molar-refractivity contribution in [1.82, 2.24) is 14.8 Å². The van der Waals surface area contributed by atoms with Crippen molar-refractivity contribution in [2.45, 2.75) is 12.4 Å². The monoisotopic (exact) mass is 499 g/mol. The molecule has 11 heteroatoms. The normalized spacial score (nSPS) is 15.7. The van der Waals surface area contributed by atoms with Crippen molar-refractivity contribution in [2.24, 2.45) is 4.99 Å². The Kier molecular flexibility index (Phi) is 6.16. The molecule has 1 aliphatic rings. The number of nitrogens with one attached hydrogen (secondary N) is 1. The van der Waals surface area contributed by atoms with Crippen LogP contribution < -0.4 is 10.1 Å². The summed E-state index contributed by atoms with van der Waals surface area (Å²) in [5.41, 5.74) is 3.13. The first-order valence-corrected chi connectivity index (χ1v) is 11.4. The van der Waals surface area contributed by atoms with Crippen LogP contribution in [0.5, 0.6) is 5.75 Å². The van der Waals surface area contributed by atoms with E-state index in [-0.39, 0.29) is 17.6 Å². The predicted octanol–water partition coefficient (Wildman–Crippen LogP) is 6.23. The maximum absolute atomic E-state index is 13.1. The van der Waals surface area contributed by atoms with Crippen LogP contribution in [0.15, 0.2) is 84.1 Å². The van der Waals surface area contributed by atoms with Gasteiger partial charge in [-0.05, 0) is 66.2 Å². The van der Waals surface area contributed by atoms with E-state index in [1.54, 1.807) is 23.9 Å². The highest BCUT2D eigenvalue weighted by Crippen LogP contribution is 2.31. The number of aliphatic imine (C=N–C) groups is 1. The molecule has 1 aliphatic heterocycles. The second kappa shape index (κ2) is 9.41. The van der Waals surface area contributed by atoms with Crippen LogP contribution in [0, 0.1) is 5.82 Å². The molecule has 4 aromatic rings. The van der Waals surface area contributed by atoms with Crippen LogP contribution in [0.2, 0.25) is 0 Å². The number of hydrogen-bond acceptors (Lipinski definition) is 6. The first-order valence-electron chi connectivity index (χ1n) is 10.4. The van der Waals surface area contributed by atoms with Gasteiger partial charge in [0.15, 0.2) is 11.0 Å². The minimum absolute atomic E-state index is 0.0235. The summed E-state index contributed by atoms with van der Waals surface area (Å²) in [4.78, 5) is 8.97. The number of anilines is 1. The quantitative estimate of drug-likeness (QED) is 0.330. The van der Waals surface area contributed by atoms with Crippen molar-refractivity contribution in [3.05, 3.63) is 90.5 Å². The average Bonchev–Trinajstić information content (AvgIpc) is 3.50. The van der Waals surface area contributed by atoms with Gasteiger partial charge in [-0.1, -0.05) is 23.9 Å². The first-order chi connectivity index (χ1) is 16.8. The van der Waals surface area contributed by atoms with Gasteiger partial charge < -0.3 is 10.1 Å². The zero-order chi connectivity index (χ0) is 24.4. The van der Waals surface area contributed by atoms with Crippen LogP contribution in [-0.2, 0) is 0 Å². The number of rotatable bonds is 5. The maximum Gasteiger partial charge on any atom is 0.573 e. The number of benzene rings is 3. The predicted molar refractivity (Wildman–Crippen MR) is 126 cm³/mol. The Hall–Kier alpha value is -3.86. The van der Waals surface area contributed by atoms with Crippen molar-refractivity contribution in [3.63, 3.8) is 0 Å². The number of hydrogen-bond donors (Lipinski definition) is 1. The third kappa shape index (κ3) is 5.62. The molecule has 35 heavy (non-hydrogen) atoms. The fourth-order valence-corrected chi connectivity index (χ4v) is 4.42. The van der Waals surface area contributed by atoms with E-state index >= 15 is 0 Å². The second-order valence-electron chi connectivity index (χ2n) is 7.57. The van der Waals surface area contributed by atoms with Gasteiger partial charge in [-0.2, -0.15) is 0 Å². The maximum atomic E-state index is 13.1. The SMILES string of the molecule is Fc1ccc(C2CSC(Nc3ccc(-c4ncn(-c5ccc(OC(F)(F)F)cc5)n4)cc3)=N2)cc1. The Labute approximate surface area is 201 Å². The summed E-state index contributed by atoms with van der Waals surface area (Å²) in [6.45, 7) is 0. The summed E-state index contributed by atoms with van der Waals surface area (Å²) >= 11 is 1.60. The lowest BCUT2D eigenvalue weighted by molar-refractivity contribution is -0.274. The molecule has 1 unspecified atom stereocenters. The lowest BCUT2D eigenvalue weighted by Gasteiger charge is -2.09. The molecular weight excluding hydrogens is 482 g/mol. The lowest BCUT2D eigenvalue weighted by Crippen LogP contribution is -2.17. The number of ether oxygens (including phenoxy) is 1. The molecule has 2 heterocycles. The summed E-state index contributed by atoms with van der Waals surface area (Å²) in [5.74, 6) is 0.667. The number of alkyl halides is 3. The fourth-order valence-electron chi connectivity index (χ4n) is 3.44. The van der Waals surface area contributed by atoms with E-state index in [4.69, 9.17) is 0 Å². The van der Waals surface area contributed by atoms with Gasteiger partial charge in [0, 0.05) is 17.0 Å². The van der Waals surface area contributed by atoms with Crippen molar-refractivity contribution in [2.75, 3.05) is 11.1 Å². The summed E-state index contributed by atoms with van der Waals surface area (Å²) < 4.78 is 55.5. The van der Waals surface area contributed by atoms with Gasteiger partial charge in [0.25, 0.3) is 0 Å². The molecule has 0 spiro atoms. The molecule has 0 amide bonds. The standard InChI is InChI=1S/C24H17F4N5OS/c25-17-5-1-15(2-6-17)21-13-35-23(31-21)30-18-7-3-16(4-8-18)22-29-14-33(32-22)19-9-11-20(12-10-19)34-24(26,27)28/h1-12,14,21H,13H2,(H,30,31).